The first-order valence-electron chi connectivity index (χ1n) is 6.03. The Hall–Kier alpha value is -2.10. The van der Waals surface area contributed by atoms with E-state index in [4.69, 9.17) is 5.11 Å². The van der Waals surface area contributed by atoms with E-state index in [1.54, 1.807) is 18.3 Å². The van der Waals surface area contributed by atoms with Crippen molar-refractivity contribution < 1.29 is 9.90 Å². The Bertz CT molecular complexity index is 546. The first-order chi connectivity index (χ1) is 8.72. The molecule has 0 unspecified atom stereocenters. The van der Waals surface area contributed by atoms with E-state index in [1.165, 1.54) is 0 Å². The molecule has 0 atom stereocenters. The maximum absolute atomic E-state index is 11.1. The van der Waals surface area contributed by atoms with Gasteiger partial charge in [-0.25, -0.2) is 9.78 Å². The smallest absolute Gasteiger partial charge is 0.336 e. The summed E-state index contributed by atoms with van der Waals surface area (Å²) in [5.41, 5.74) is 1.16. The van der Waals surface area contributed by atoms with Gasteiger partial charge in [0.15, 0.2) is 0 Å². The second-order valence-corrected chi connectivity index (χ2v) is 4.18. The highest BCUT2D eigenvalue weighted by atomic mass is 16.4. The van der Waals surface area contributed by atoms with Crippen LogP contribution >= 0.6 is 0 Å². The molecule has 1 heterocycles. The highest BCUT2D eigenvalue weighted by Gasteiger charge is 2.10. The van der Waals surface area contributed by atoms with E-state index in [9.17, 15) is 4.79 Å². The molecular weight excluding hydrogens is 228 g/mol. The van der Waals surface area contributed by atoms with Crippen molar-refractivity contribution in [2.45, 2.75) is 26.3 Å². The molecule has 18 heavy (non-hydrogen) atoms. The van der Waals surface area contributed by atoms with Crippen molar-refractivity contribution in [2.75, 3.05) is 0 Å². The van der Waals surface area contributed by atoms with Crippen LogP contribution in [0.2, 0.25) is 0 Å². The van der Waals surface area contributed by atoms with Gasteiger partial charge in [0.25, 0.3) is 0 Å². The third-order valence-electron chi connectivity index (χ3n) is 2.86. The number of rotatable bonds is 5. The van der Waals surface area contributed by atoms with Crippen LogP contribution in [0.15, 0.2) is 36.7 Å². The van der Waals surface area contributed by atoms with Crippen LogP contribution in [0.1, 0.15) is 35.1 Å². The van der Waals surface area contributed by atoms with Gasteiger partial charge in [-0.05, 0) is 18.1 Å². The Labute approximate surface area is 106 Å². The molecule has 0 aliphatic rings. The van der Waals surface area contributed by atoms with Crippen LogP contribution in [0.4, 0.5) is 0 Å². The van der Waals surface area contributed by atoms with Crippen molar-refractivity contribution in [3.05, 3.63) is 53.6 Å². The van der Waals surface area contributed by atoms with E-state index in [1.807, 2.05) is 22.9 Å². The summed E-state index contributed by atoms with van der Waals surface area (Å²) in [7, 11) is 0. The van der Waals surface area contributed by atoms with E-state index >= 15 is 0 Å². The monoisotopic (exact) mass is 244 g/mol. The zero-order valence-corrected chi connectivity index (χ0v) is 10.3. The summed E-state index contributed by atoms with van der Waals surface area (Å²) in [6.07, 6.45) is 5.58. The van der Waals surface area contributed by atoms with Gasteiger partial charge in [-0.2, -0.15) is 0 Å². The Balaban J connectivity index is 2.28. The number of imidazole rings is 1. The SMILES string of the molecule is CCCc1nccn1Cc1ccccc1C(=O)O. The zero-order valence-electron chi connectivity index (χ0n) is 10.3. The van der Waals surface area contributed by atoms with Gasteiger partial charge in [0.1, 0.15) is 5.82 Å². The van der Waals surface area contributed by atoms with Crippen LogP contribution in [0, 0.1) is 0 Å². The molecule has 1 aromatic carbocycles. The zero-order chi connectivity index (χ0) is 13.0. The van der Waals surface area contributed by atoms with Crippen molar-refractivity contribution in [3.63, 3.8) is 0 Å². The van der Waals surface area contributed by atoms with E-state index in [0.717, 1.165) is 24.2 Å². The molecule has 4 heteroatoms. The van der Waals surface area contributed by atoms with E-state index in [0.29, 0.717) is 12.1 Å². The molecule has 2 aromatic rings. The summed E-state index contributed by atoms with van der Waals surface area (Å²) in [6.45, 7) is 2.65. The van der Waals surface area contributed by atoms with E-state index in [-0.39, 0.29) is 0 Å². The minimum atomic E-state index is -0.886. The summed E-state index contributed by atoms with van der Waals surface area (Å²) < 4.78 is 2.01. The van der Waals surface area contributed by atoms with Crippen LogP contribution in [0.5, 0.6) is 0 Å². The van der Waals surface area contributed by atoms with Gasteiger partial charge in [-0.15, -0.1) is 0 Å². The van der Waals surface area contributed by atoms with Crippen LogP contribution in [0.3, 0.4) is 0 Å². The summed E-state index contributed by atoms with van der Waals surface area (Å²) in [5.74, 6) is 0.112. The minimum Gasteiger partial charge on any atom is -0.478 e. The minimum absolute atomic E-state index is 0.355. The third-order valence-corrected chi connectivity index (χ3v) is 2.86. The second kappa shape index (κ2) is 5.49. The van der Waals surface area contributed by atoms with Gasteiger partial charge in [-0.3, -0.25) is 0 Å². The van der Waals surface area contributed by atoms with Gasteiger partial charge in [0, 0.05) is 25.4 Å². The summed E-state index contributed by atoms with van der Waals surface area (Å²) in [4.78, 5) is 15.4. The van der Waals surface area contributed by atoms with Crippen molar-refractivity contribution in [2.24, 2.45) is 0 Å². The lowest BCUT2D eigenvalue weighted by Crippen LogP contribution is -2.09. The number of nitrogens with zero attached hydrogens (tertiary/aromatic N) is 2. The van der Waals surface area contributed by atoms with Crippen LogP contribution in [0.25, 0.3) is 0 Å². The number of aromatic nitrogens is 2. The fourth-order valence-electron chi connectivity index (χ4n) is 1.99. The molecule has 0 aliphatic carbocycles. The molecule has 4 nitrogen and oxygen atoms in total. The Morgan fingerprint density at radius 1 is 1.39 bits per heavy atom. The number of aryl methyl sites for hydroxylation is 1. The average molecular weight is 244 g/mol. The van der Waals surface area contributed by atoms with Crippen molar-refractivity contribution in [3.8, 4) is 0 Å². The molecule has 0 fully saturated rings. The van der Waals surface area contributed by atoms with Crippen molar-refractivity contribution >= 4 is 5.97 Å². The third kappa shape index (κ3) is 2.59. The van der Waals surface area contributed by atoms with Gasteiger partial charge in [0.05, 0.1) is 5.56 Å². The Morgan fingerprint density at radius 2 is 2.17 bits per heavy atom. The Morgan fingerprint density at radius 3 is 2.89 bits per heavy atom. The number of carbonyl (C=O) groups is 1. The number of carboxylic acids is 1. The molecule has 0 amide bonds. The summed E-state index contributed by atoms with van der Waals surface area (Å²) >= 11 is 0. The fourth-order valence-corrected chi connectivity index (χ4v) is 1.99. The lowest BCUT2D eigenvalue weighted by Gasteiger charge is -2.09. The maximum atomic E-state index is 11.1. The second-order valence-electron chi connectivity index (χ2n) is 4.18. The van der Waals surface area contributed by atoms with Gasteiger partial charge < -0.3 is 9.67 Å². The highest BCUT2D eigenvalue weighted by Crippen LogP contribution is 2.12. The molecular formula is C14H16N2O2. The number of aromatic carboxylic acids is 1. The maximum Gasteiger partial charge on any atom is 0.336 e. The van der Waals surface area contributed by atoms with Gasteiger partial charge in [0.2, 0.25) is 0 Å². The van der Waals surface area contributed by atoms with Crippen molar-refractivity contribution in [1.82, 2.24) is 9.55 Å². The molecule has 1 aromatic heterocycles. The van der Waals surface area contributed by atoms with Crippen LogP contribution in [-0.4, -0.2) is 20.6 Å². The molecule has 0 radical (unpaired) electrons. The molecule has 94 valence electrons. The molecule has 1 N–H and O–H groups in total. The fraction of sp³-hybridized carbons (Fsp3) is 0.286. The topological polar surface area (TPSA) is 55.1 Å². The normalized spacial score (nSPS) is 10.5. The number of hydrogen-bond acceptors (Lipinski definition) is 2. The van der Waals surface area contributed by atoms with Gasteiger partial charge >= 0.3 is 5.97 Å². The number of carboxylic acid groups (broad SMARTS) is 1. The quantitative estimate of drug-likeness (QED) is 0.879. The largest absolute Gasteiger partial charge is 0.478 e. The Kier molecular flexibility index (Phi) is 3.77. The predicted molar refractivity (Wildman–Crippen MR) is 68.7 cm³/mol. The summed E-state index contributed by atoms with van der Waals surface area (Å²) in [6, 6.07) is 7.08. The molecule has 0 saturated carbocycles. The molecule has 2 rings (SSSR count). The van der Waals surface area contributed by atoms with Crippen molar-refractivity contribution in [1.29, 1.82) is 0 Å². The predicted octanol–water partition coefficient (Wildman–Crippen LogP) is 2.58. The number of hydrogen-bond donors (Lipinski definition) is 1. The van der Waals surface area contributed by atoms with Crippen LogP contribution in [-0.2, 0) is 13.0 Å². The first kappa shape index (κ1) is 12.4. The lowest BCUT2D eigenvalue weighted by atomic mass is 10.1. The molecule has 0 saturated heterocycles. The standard InChI is InChI=1S/C14H16N2O2/c1-2-5-13-15-8-9-16(13)10-11-6-3-4-7-12(11)14(17)18/h3-4,6-9H,2,5,10H2,1H3,(H,17,18). The van der Waals surface area contributed by atoms with Crippen LogP contribution < -0.4 is 0 Å². The molecule has 0 bridgehead atoms. The summed E-state index contributed by atoms with van der Waals surface area (Å²) in [5, 5.41) is 9.14. The van der Waals surface area contributed by atoms with E-state index in [2.05, 4.69) is 11.9 Å². The molecule has 0 spiro atoms. The lowest BCUT2D eigenvalue weighted by molar-refractivity contribution is 0.0695. The molecule has 0 aliphatic heterocycles. The average Bonchev–Trinajstić information content (AvgIpc) is 2.78. The van der Waals surface area contributed by atoms with E-state index < -0.39 is 5.97 Å². The van der Waals surface area contributed by atoms with Gasteiger partial charge in [-0.1, -0.05) is 25.1 Å². The first-order valence-corrected chi connectivity index (χ1v) is 6.03. The number of benzene rings is 1. The highest BCUT2D eigenvalue weighted by molar-refractivity contribution is 5.89.